The van der Waals surface area contributed by atoms with Crippen LogP contribution in [0.5, 0.6) is 5.75 Å². The number of carbonyl (C=O) groups excluding carboxylic acids is 1. The number of hydrogen-bond acceptors (Lipinski definition) is 3. The maximum Gasteiger partial charge on any atom is 0.224 e. The van der Waals surface area contributed by atoms with E-state index in [1.807, 2.05) is 0 Å². The summed E-state index contributed by atoms with van der Waals surface area (Å²) in [5, 5.41) is 11.2. The van der Waals surface area contributed by atoms with Crippen LogP contribution < -0.4 is 10.1 Å². The molecule has 0 saturated carbocycles. The van der Waals surface area contributed by atoms with Crippen LogP contribution in [0.1, 0.15) is 11.1 Å². The number of carbonyl (C=O) groups is 1. The molecule has 1 amide bonds. The van der Waals surface area contributed by atoms with Gasteiger partial charge in [-0.05, 0) is 23.8 Å². The zero-order chi connectivity index (χ0) is 15.8. The number of nitrogens with one attached hydrogen (secondary N) is 1. The molecule has 116 valence electrons. The summed E-state index contributed by atoms with van der Waals surface area (Å²) < 4.78 is 19.0. The highest BCUT2D eigenvalue weighted by atomic mass is 19.1. The average molecular weight is 303 g/mol. The van der Waals surface area contributed by atoms with E-state index in [-0.39, 0.29) is 37.9 Å². The van der Waals surface area contributed by atoms with E-state index in [0.29, 0.717) is 11.3 Å². The molecular formula is C17H18FNO3. The van der Waals surface area contributed by atoms with E-state index >= 15 is 0 Å². The van der Waals surface area contributed by atoms with Gasteiger partial charge in [0.25, 0.3) is 0 Å². The number of rotatable bonds is 7. The molecule has 0 saturated heterocycles. The van der Waals surface area contributed by atoms with Gasteiger partial charge in [-0.1, -0.05) is 30.3 Å². The van der Waals surface area contributed by atoms with Crippen molar-refractivity contribution in [3.05, 3.63) is 65.5 Å². The van der Waals surface area contributed by atoms with Crippen LogP contribution in [0.3, 0.4) is 0 Å². The second-order valence-electron chi connectivity index (χ2n) is 4.77. The third-order valence-electron chi connectivity index (χ3n) is 3.07. The first kappa shape index (κ1) is 16.0. The van der Waals surface area contributed by atoms with Gasteiger partial charge >= 0.3 is 0 Å². The third-order valence-corrected chi connectivity index (χ3v) is 3.07. The van der Waals surface area contributed by atoms with Gasteiger partial charge in [-0.3, -0.25) is 4.79 Å². The number of aliphatic hydroxyl groups is 1. The number of hydrogen-bond donors (Lipinski definition) is 2. The maximum absolute atomic E-state index is 13.5. The van der Waals surface area contributed by atoms with Crippen LogP contribution in [0, 0.1) is 5.82 Å². The van der Waals surface area contributed by atoms with Gasteiger partial charge in [0.2, 0.25) is 5.91 Å². The van der Waals surface area contributed by atoms with Gasteiger partial charge in [-0.15, -0.1) is 0 Å². The molecule has 2 rings (SSSR count). The van der Waals surface area contributed by atoms with E-state index in [1.54, 1.807) is 42.5 Å². The highest BCUT2D eigenvalue weighted by molar-refractivity contribution is 5.78. The molecule has 2 N–H and O–H groups in total. The van der Waals surface area contributed by atoms with Crippen molar-refractivity contribution in [1.29, 1.82) is 0 Å². The summed E-state index contributed by atoms with van der Waals surface area (Å²) >= 11 is 0. The van der Waals surface area contributed by atoms with Crippen molar-refractivity contribution in [1.82, 2.24) is 5.32 Å². The zero-order valence-electron chi connectivity index (χ0n) is 12.1. The zero-order valence-corrected chi connectivity index (χ0v) is 12.1. The normalized spacial score (nSPS) is 10.3. The SMILES string of the molecule is O=C(Cc1ccc(OCc2ccccc2F)cc1)NCCO. The summed E-state index contributed by atoms with van der Waals surface area (Å²) in [5.41, 5.74) is 1.34. The van der Waals surface area contributed by atoms with E-state index < -0.39 is 0 Å². The Hall–Kier alpha value is -2.40. The molecule has 0 aliphatic rings. The van der Waals surface area contributed by atoms with Crippen LogP contribution in [0.15, 0.2) is 48.5 Å². The molecule has 0 aromatic heterocycles. The Morgan fingerprint density at radius 2 is 1.86 bits per heavy atom. The van der Waals surface area contributed by atoms with Gasteiger partial charge < -0.3 is 15.2 Å². The van der Waals surface area contributed by atoms with Crippen molar-refractivity contribution in [2.75, 3.05) is 13.2 Å². The minimum Gasteiger partial charge on any atom is -0.489 e. The van der Waals surface area contributed by atoms with Crippen molar-refractivity contribution in [3.8, 4) is 5.75 Å². The first-order valence-electron chi connectivity index (χ1n) is 7.02. The summed E-state index contributed by atoms with van der Waals surface area (Å²) in [6.45, 7) is 0.334. The maximum atomic E-state index is 13.5. The summed E-state index contributed by atoms with van der Waals surface area (Å²) in [6.07, 6.45) is 0.244. The Kier molecular flexibility index (Phi) is 5.91. The van der Waals surface area contributed by atoms with Gasteiger partial charge in [-0.25, -0.2) is 4.39 Å². The molecule has 0 heterocycles. The standard InChI is InChI=1S/C17H18FNO3/c18-16-4-2-1-3-14(16)12-22-15-7-5-13(6-8-15)11-17(21)19-9-10-20/h1-8,20H,9-12H2,(H,19,21). The topological polar surface area (TPSA) is 58.6 Å². The van der Waals surface area contributed by atoms with Crippen molar-refractivity contribution >= 4 is 5.91 Å². The first-order chi connectivity index (χ1) is 10.7. The average Bonchev–Trinajstić information content (AvgIpc) is 2.53. The Morgan fingerprint density at radius 1 is 1.14 bits per heavy atom. The lowest BCUT2D eigenvalue weighted by Gasteiger charge is -2.08. The number of benzene rings is 2. The number of halogens is 1. The molecule has 0 aliphatic heterocycles. The quantitative estimate of drug-likeness (QED) is 0.823. The van der Waals surface area contributed by atoms with Gasteiger partial charge in [0.15, 0.2) is 0 Å². The lowest BCUT2D eigenvalue weighted by Crippen LogP contribution is -2.27. The van der Waals surface area contributed by atoms with Gasteiger partial charge in [-0.2, -0.15) is 0 Å². The number of aliphatic hydroxyl groups excluding tert-OH is 1. The van der Waals surface area contributed by atoms with Crippen molar-refractivity contribution < 1.29 is 19.0 Å². The molecule has 0 bridgehead atoms. The van der Waals surface area contributed by atoms with Gasteiger partial charge in [0.1, 0.15) is 18.2 Å². The molecule has 0 fully saturated rings. The van der Waals surface area contributed by atoms with E-state index in [9.17, 15) is 9.18 Å². The van der Waals surface area contributed by atoms with Crippen molar-refractivity contribution in [2.45, 2.75) is 13.0 Å². The predicted octanol–water partition coefficient (Wildman–Crippen LogP) is 2.06. The fraction of sp³-hybridized carbons (Fsp3) is 0.235. The summed E-state index contributed by atoms with van der Waals surface area (Å²) in [4.78, 5) is 11.5. The minimum atomic E-state index is -0.292. The molecule has 22 heavy (non-hydrogen) atoms. The second kappa shape index (κ2) is 8.14. The first-order valence-corrected chi connectivity index (χ1v) is 7.02. The highest BCUT2D eigenvalue weighted by Gasteiger charge is 2.04. The van der Waals surface area contributed by atoms with Crippen LogP contribution in [0.4, 0.5) is 4.39 Å². The minimum absolute atomic E-state index is 0.0748. The fourth-order valence-corrected chi connectivity index (χ4v) is 1.92. The predicted molar refractivity (Wildman–Crippen MR) is 81.0 cm³/mol. The van der Waals surface area contributed by atoms with E-state index in [0.717, 1.165) is 5.56 Å². The summed E-state index contributed by atoms with van der Waals surface area (Å²) in [6, 6.07) is 13.5. The van der Waals surface area contributed by atoms with Crippen LogP contribution in [-0.4, -0.2) is 24.2 Å². The van der Waals surface area contributed by atoms with E-state index in [1.165, 1.54) is 6.07 Å². The van der Waals surface area contributed by atoms with Crippen LogP contribution in [0.25, 0.3) is 0 Å². The lowest BCUT2D eigenvalue weighted by molar-refractivity contribution is -0.120. The number of ether oxygens (including phenoxy) is 1. The van der Waals surface area contributed by atoms with E-state index in [4.69, 9.17) is 9.84 Å². The largest absolute Gasteiger partial charge is 0.489 e. The molecule has 0 spiro atoms. The second-order valence-corrected chi connectivity index (χ2v) is 4.77. The smallest absolute Gasteiger partial charge is 0.224 e. The monoisotopic (exact) mass is 303 g/mol. The molecule has 2 aromatic rings. The Morgan fingerprint density at radius 3 is 2.55 bits per heavy atom. The Balaban J connectivity index is 1.87. The van der Waals surface area contributed by atoms with E-state index in [2.05, 4.69) is 5.32 Å². The van der Waals surface area contributed by atoms with Crippen molar-refractivity contribution in [3.63, 3.8) is 0 Å². The fourth-order valence-electron chi connectivity index (χ4n) is 1.92. The van der Waals surface area contributed by atoms with Crippen LogP contribution in [-0.2, 0) is 17.8 Å². The van der Waals surface area contributed by atoms with Gasteiger partial charge in [0, 0.05) is 12.1 Å². The summed E-state index contributed by atoms with van der Waals surface area (Å²) in [7, 11) is 0. The van der Waals surface area contributed by atoms with Crippen molar-refractivity contribution in [2.24, 2.45) is 0 Å². The number of amides is 1. The molecule has 0 atom stereocenters. The molecule has 0 aliphatic carbocycles. The lowest BCUT2D eigenvalue weighted by atomic mass is 10.1. The Bertz CT molecular complexity index is 614. The molecule has 4 nitrogen and oxygen atoms in total. The molecule has 2 aromatic carbocycles. The van der Waals surface area contributed by atoms with Crippen LogP contribution >= 0.6 is 0 Å². The van der Waals surface area contributed by atoms with Crippen LogP contribution in [0.2, 0.25) is 0 Å². The molecule has 0 unspecified atom stereocenters. The molecule has 5 heteroatoms. The Labute approximate surface area is 128 Å². The summed E-state index contributed by atoms with van der Waals surface area (Å²) in [5.74, 6) is 0.177. The third kappa shape index (κ3) is 4.86. The molecule has 0 radical (unpaired) electrons. The molecular weight excluding hydrogens is 285 g/mol. The highest BCUT2D eigenvalue weighted by Crippen LogP contribution is 2.15. The van der Waals surface area contributed by atoms with Gasteiger partial charge in [0.05, 0.1) is 13.0 Å².